The highest BCUT2D eigenvalue weighted by atomic mass is 19.1. The molecule has 0 saturated heterocycles. The number of amides is 2. The Hall–Kier alpha value is -3.74. The quantitative estimate of drug-likeness (QED) is 0.639. The monoisotopic (exact) mass is 380 g/mol. The lowest BCUT2D eigenvalue weighted by molar-refractivity contribution is -0.136. The lowest BCUT2D eigenvalue weighted by atomic mass is 10.1. The first-order chi connectivity index (χ1) is 13.6. The third kappa shape index (κ3) is 4.70. The van der Waals surface area contributed by atoms with E-state index in [1.807, 2.05) is 30.3 Å². The van der Waals surface area contributed by atoms with Crippen LogP contribution in [0.15, 0.2) is 72.4 Å². The number of alkyl carbamates (subject to hydrolysis) is 1. The van der Waals surface area contributed by atoms with Crippen LogP contribution in [0.2, 0.25) is 0 Å². The molecule has 1 aliphatic rings. The summed E-state index contributed by atoms with van der Waals surface area (Å²) >= 11 is 0. The van der Waals surface area contributed by atoms with E-state index >= 15 is 0 Å². The van der Waals surface area contributed by atoms with Crippen LogP contribution in [0.4, 0.5) is 9.18 Å². The summed E-state index contributed by atoms with van der Waals surface area (Å²) in [7, 11) is 0. The third-order valence-electron chi connectivity index (χ3n) is 4.04. The molecule has 0 unspecified atom stereocenters. The minimum atomic E-state index is -0.777. The number of rotatable bonds is 5. The molecule has 0 aromatic heterocycles. The number of ether oxygens (including phenoxy) is 1. The van der Waals surface area contributed by atoms with Gasteiger partial charge in [-0.15, -0.1) is 0 Å². The van der Waals surface area contributed by atoms with E-state index in [1.54, 1.807) is 12.2 Å². The highest BCUT2D eigenvalue weighted by Gasteiger charge is 2.23. The van der Waals surface area contributed by atoms with E-state index in [1.165, 1.54) is 29.2 Å². The van der Waals surface area contributed by atoms with E-state index in [2.05, 4.69) is 5.32 Å². The van der Waals surface area contributed by atoms with E-state index in [4.69, 9.17) is 4.74 Å². The summed E-state index contributed by atoms with van der Waals surface area (Å²) in [5, 5.41) is 2.56. The molecule has 1 N–H and O–H groups in total. The molecule has 1 heterocycles. The van der Waals surface area contributed by atoms with E-state index in [0.29, 0.717) is 17.0 Å². The molecule has 2 amide bonds. The highest BCUT2D eigenvalue weighted by Crippen LogP contribution is 2.24. The van der Waals surface area contributed by atoms with Gasteiger partial charge in [0.25, 0.3) is 5.91 Å². The summed E-state index contributed by atoms with van der Waals surface area (Å²) in [5.41, 5.74) is 2.23. The lowest BCUT2D eigenvalue weighted by Crippen LogP contribution is -2.38. The maximum absolute atomic E-state index is 13.1. The number of hydrogen-bond donors (Lipinski definition) is 1. The molecule has 0 radical (unpaired) electrons. The molecule has 0 aliphatic carbocycles. The lowest BCUT2D eigenvalue weighted by Gasteiger charge is -2.28. The number of allylic oxidation sites excluding steroid dienone is 2. The number of halogens is 1. The Bertz CT molecular complexity index is 937. The largest absolute Gasteiger partial charge is 0.444 e. The van der Waals surface area contributed by atoms with E-state index < -0.39 is 17.8 Å². The van der Waals surface area contributed by atoms with Crippen LogP contribution in [0.25, 0.3) is 5.70 Å². The molecule has 0 bridgehead atoms. The van der Waals surface area contributed by atoms with Gasteiger partial charge in [0, 0.05) is 5.70 Å². The van der Waals surface area contributed by atoms with E-state index in [9.17, 15) is 18.8 Å². The topological polar surface area (TPSA) is 75.7 Å². The Balaban J connectivity index is 1.71. The van der Waals surface area contributed by atoms with Crippen molar-refractivity contribution in [1.82, 2.24) is 10.2 Å². The summed E-state index contributed by atoms with van der Waals surface area (Å²) in [6, 6.07) is 14.7. The van der Waals surface area contributed by atoms with Crippen LogP contribution < -0.4 is 5.32 Å². The summed E-state index contributed by atoms with van der Waals surface area (Å²) in [6.07, 6.45) is 2.70. The molecule has 142 valence electrons. The zero-order valence-electron chi connectivity index (χ0n) is 14.8. The number of aldehydes is 1. The van der Waals surface area contributed by atoms with Crippen LogP contribution in [-0.4, -0.2) is 29.7 Å². The molecule has 0 atom stereocenters. The van der Waals surface area contributed by atoms with E-state index in [0.717, 1.165) is 5.56 Å². The first-order valence-electron chi connectivity index (χ1n) is 8.48. The average Bonchev–Trinajstić information content (AvgIpc) is 2.73. The van der Waals surface area contributed by atoms with Crippen LogP contribution in [0.3, 0.4) is 0 Å². The minimum Gasteiger partial charge on any atom is -0.444 e. The number of carbonyl (C=O) groups excluding carboxylic acids is 3. The van der Waals surface area contributed by atoms with Crippen molar-refractivity contribution in [3.63, 3.8) is 0 Å². The molecular weight excluding hydrogens is 363 g/mol. The zero-order valence-corrected chi connectivity index (χ0v) is 14.8. The number of carbonyl (C=O) groups is 3. The molecule has 0 fully saturated rings. The molecule has 3 rings (SSSR count). The fraction of sp³-hybridized carbons (Fsp3) is 0.0952. The SMILES string of the molecule is O=CC(=O)N1CC(NC(=O)OCc2ccccc2)=CC=C1c1ccc(F)cc1. The third-order valence-corrected chi connectivity index (χ3v) is 4.04. The predicted octanol–water partition coefficient (Wildman–Crippen LogP) is 3.02. The van der Waals surface area contributed by atoms with Gasteiger partial charge in [-0.25, -0.2) is 9.18 Å². The smallest absolute Gasteiger partial charge is 0.411 e. The zero-order chi connectivity index (χ0) is 19.9. The molecule has 6 nitrogen and oxygen atoms in total. The van der Waals surface area contributed by atoms with Crippen LogP contribution in [0.5, 0.6) is 0 Å². The molecule has 7 heteroatoms. The Morgan fingerprint density at radius 3 is 2.46 bits per heavy atom. The van der Waals surface area contributed by atoms with Gasteiger partial charge in [-0.2, -0.15) is 0 Å². The summed E-state index contributed by atoms with van der Waals surface area (Å²) in [4.78, 5) is 36.3. The molecule has 0 saturated carbocycles. The second-order valence-electron chi connectivity index (χ2n) is 5.98. The van der Waals surface area contributed by atoms with Crippen molar-refractivity contribution in [3.8, 4) is 0 Å². The molecule has 2 aromatic carbocycles. The Morgan fingerprint density at radius 1 is 1.07 bits per heavy atom. The Labute approximate surface area is 160 Å². The van der Waals surface area contributed by atoms with E-state index in [-0.39, 0.29) is 19.4 Å². The number of nitrogens with zero attached hydrogens (tertiary/aromatic N) is 1. The van der Waals surface area contributed by atoms with Crippen molar-refractivity contribution < 1.29 is 23.5 Å². The Morgan fingerprint density at radius 2 is 1.79 bits per heavy atom. The van der Waals surface area contributed by atoms with Crippen molar-refractivity contribution >= 4 is 24.0 Å². The van der Waals surface area contributed by atoms with Gasteiger partial charge < -0.3 is 4.74 Å². The van der Waals surface area contributed by atoms with Crippen LogP contribution >= 0.6 is 0 Å². The second kappa shape index (κ2) is 8.77. The summed E-state index contributed by atoms with van der Waals surface area (Å²) in [6.45, 7) is 0.0782. The molecule has 1 aliphatic heterocycles. The summed E-state index contributed by atoms with van der Waals surface area (Å²) in [5.74, 6) is -1.19. The van der Waals surface area contributed by atoms with Gasteiger partial charge in [0.15, 0.2) is 0 Å². The van der Waals surface area contributed by atoms with Crippen molar-refractivity contribution in [1.29, 1.82) is 0 Å². The standard InChI is InChI=1S/C21H17FN2O4/c22-17-8-6-16(7-9-17)19-11-10-18(12-24(19)20(26)13-25)23-21(27)28-14-15-4-2-1-3-5-15/h1-11,13H,12,14H2,(H,23,27). The maximum atomic E-state index is 13.1. The molecular formula is C21H17FN2O4. The fourth-order valence-electron chi connectivity index (χ4n) is 2.68. The van der Waals surface area contributed by atoms with Gasteiger partial charge >= 0.3 is 6.09 Å². The van der Waals surface area contributed by atoms with Crippen LogP contribution in [-0.2, 0) is 20.9 Å². The summed E-state index contributed by atoms with van der Waals surface area (Å²) < 4.78 is 18.3. The van der Waals surface area contributed by atoms with Crippen molar-refractivity contribution in [2.45, 2.75) is 6.61 Å². The number of hydrogen-bond acceptors (Lipinski definition) is 4. The maximum Gasteiger partial charge on any atom is 0.411 e. The van der Waals surface area contributed by atoms with Crippen LogP contribution in [0, 0.1) is 5.82 Å². The van der Waals surface area contributed by atoms with Gasteiger partial charge in [0.05, 0.1) is 12.2 Å². The molecule has 28 heavy (non-hydrogen) atoms. The second-order valence-corrected chi connectivity index (χ2v) is 5.98. The van der Waals surface area contributed by atoms with Gasteiger partial charge in [-0.1, -0.05) is 30.3 Å². The first kappa shape index (κ1) is 19.0. The molecule has 0 spiro atoms. The number of benzene rings is 2. The van der Waals surface area contributed by atoms with Gasteiger partial charge in [-0.05, 0) is 47.5 Å². The highest BCUT2D eigenvalue weighted by molar-refractivity contribution is 6.25. The first-order valence-corrected chi connectivity index (χ1v) is 8.48. The normalized spacial score (nSPS) is 13.2. The van der Waals surface area contributed by atoms with Crippen molar-refractivity contribution in [3.05, 3.63) is 89.4 Å². The van der Waals surface area contributed by atoms with Crippen LogP contribution in [0.1, 0.15) is 11.1 Å². The van der Waals surface area contributed by atoms with Crippen molar-refractivity contribution in [2.24, 2.45) is 0 Å². The minimum absolute atomic E-state index is 0.0266. The van der Waals surface area contributed by atoms with Gasteiger partial charge in [-0.3, -0.25) is 19.8 Å². The van der Waals surface area contributed by atoms with Gasteiger partial charge in [0.2, 0.25) is 6.29 Å². The number of nitrogens with one attached hydrogen (secondary N) is 1. The Kier molecular flexibility index (Phi) is 5.96. The predicted molar refractivity (Wildman–Crippen MR) is 100.0 cm³/mol. The average molecular weight is 380 g/mol. The van der Waals surface area contributed by atoms with Crippen molar-refractivity contribution in [2.75, 3.05) is 6.54 Å². The van der Waals surface area contributed by atoms with Gasteiger partial charge in [0.1, 0.15) is 12.4 Å². The molecule has 2 aromatic rings. The fourth-order valence-corrected chi connectivity index (χ4v) is 2.68.